The summed E-state index contributed by atoms with van der Waals surface area (Å²) in [6.07, 6.45) is 7.16. The first-order chi connectivity index (χ1) is 8.80. The Morgan fingerprint density at radius 1 is 1.32 bits per heavy atom. The highest BCUT2D eigenvalue weighted by Gasteiger charge is 2.25. The quantitative estimate of drug-likeness (QED) is 0.579. The minimum Gasteiger partial charge on any atom is -0.478 e. The highest BCUT2D eigenvalue weighted by molar-refractivity contribution is 7.58. The molecule has 1 rings (SSSR count). The largest absolute Gasteiger partial charge is 0.478 e. The van der Waals surface area contributed by atoms with Crippen molar-refractivity contribution >= 4 is 13.3 Å². The number of aliphatic carboxylic acids is 1. The summed E-state index contributed by atoms with van der Waals surface area (Å²) >= 11 is 0. The standard InChI is InChI=1S/C14H25O4P/c1-11(2)9-19(17,18)10-13(14(15)16)8-12-6-4-3-5-7-12/h8,11-12H,3-7,9-10H2,1-2H3,(H,15,16)(H,17,18)/b13-8-. The van der Waals surface area contributed by atoms with E-state index < -0.39 is 13.3 Å². The lowest BCUT2D eigenvalue weighted by Crippen LogP contribution is -2.12. The van der Waals surface area contributed by atoms with Crippen LogP contribution in [0.2, 0.25) is 0 Å². The van der Waals surface area contributed by atoms with Crippen LogP contribution >= 0.6 is 7.37 Å². The summed E-state index contributed by atoms with van der Waals surface area (Å²) < 4.78 is 12.0. The zero-order valence-electron chi connectivity index (χ0n) is 11.8. The van der Waals surface area contributed by atoms with E-state index in [1.54, 1.807) is 6.08 Å². The van der Waals surface area contributed by atoms with Crippen molar-refractivity contribution in [2.24, 2.45) is 11.8 Å². The molecule has 19 heavy (non-hydrogen) atoms. The molecular weight excluding hydrogens is 263 g/mol. The zero-order valence-corrected chi connectivity index (χ0v) is 12.7. The van der Waals surface area contributed by atoms with Gasteiger partial charge >= 0.3 is 5.97 Å². The van der Waals surface area contributed by atoms with Gasteiger partial charge in [0.15, 0.2) is 0 Å². The van der Waals surface area contributed by atoms with Crippen molar-refractivity contribution in [1.29, 1.82) is 0 Å². The Labute approximate surface area is 115 Å². The van der Waals surface area contributed by atoms with Gasteiger partial charge in [0.05, 0.1) is 6.16 Å². The Morgan fingerprint density at radius 3 is 2.37 bits per heavy atom. The Morgan fingerprint density at radius 2 is 1.89 bits per heavy atom. The lowest BCUT2D eigenvalue weighted by Gasteiger charge is -2.20. The molecule has 1 unspecified atom stereocenters. The zero-order chi connectivity index (χ0) is 14.5. The lowest BCUT2D eigenvalue weighted by molar-refractivity contribution is -0.132. The van der Waals surface area contributed by atoms with E-state index in [4.69, 9.17) is 0 Å². The van der Waals surface area contributed by atoms with Gasteiger partial charge in [0.1, 0.15) is 0 Å². The van der Waals surface area contributed by atoms with E-state index >= 15 is 0 Å². The third-order valence-corrected chi connectivity index (χ3v) is 5.56. The van der Waals surface area contributed by atoms with Crippen molar-refractivity contribution in [2.75, 3.05) is 12.3 Å². The Bertz CT molecular complexity index is 381. The molecule has 1 atom stereocenters. The van der Waals surface area contributed by atoms with E-state index in [2.05, 4.69) is 0 Å². The monoisotopic (exact) mass is 288 g/mol. The maximum atomic E-state index is 12.0. The smallest absolute Gasteiger partial charge is 0.331 e. The summed E-state index contributed by atoms with van der Waals surface area (Å²) in [5.41, 5.74) is 0.124. The van der Waals surface area contributed by atoms with Crippen molar-refractivity contribution < 1.29 is 19.4 Å². The van der Waals surface area contributed by atoms with Crippen LogP contribution in [-0.2, 0) is 9.36 Å². The van der Waals surface area contributed by atoms with E-state index in [1.165, 1.54) is 6.42 Å². The van der Waals surface area contributed by atoms with Crippen LogP contribution in [-0.4, -0.2) is 28.3 Å². The average molecular weight is 288 g/mol. The molecule has 1 fully saturated rings. The summed E-state index contributed by atoms with van der Waals surface area (Å²) in [5, 5.41) is 9.20. The number of allylic oxidation sites excluding steroid dienone is 1. The molecule has 0 radical (unpaired) electrons. The number of hydrogen-bond donors (Lipinski definition) is 2. The highest BCUT2D eigenvalue weighted by Crippen LogP contribution is 2.44. The van der Waals surface area contributed by atoms with Crippen LogP contribution in [0.1, 0.15) is 46.0 Å². The molecule has 0 aliphatic heterocycles. The first-order valence-corrected chi connectivity index (χ1v) is 9.08. The SMILES string of the molecule is CC(C)CP(=O)(O)C/C(=C/C1CCCCC1)C(=O)O. The van der Waals surface area contributed by atoms with Gasteiger partial charge < -0.3 is 10.00 Å². The molecule has 0 spiro atoms. The van der Waals surface area contributed by atoms with Gasteiger partial charge in [0.25, 0.3) is 0 Å². The third-order valence-electron chi connectivity index (χ3n) is 3.43. The first-order valence-electron chi connectivity index (χ1n) is 7.05. The predicted molar refractivity (Wildman–Crippen MR) is 76.7 cm³/mol. The molecule has 2 N–H and O–H groups in total. The van der Waals surface area contributed by atoms with Crippen molar-refractivity contribution in [3.8, 4) is 0 Å². The van der Waals surface area contributed by atoms with E-state index in [1.807, 2.05) is 13.8 Å². The van der Waals surface area contributed by atoms with Crippen molar-refractivity contribution in [1.82, 2.24) is 0 Å². The third kappa shape index (κ3) is 6.40. The van der Waals surface area contributed by atoms with Gasteiger partial charge in [-0.3, -0.25) is 4.57 Å². The van der Waals surface area contributed by atoms with E-state index in [0.29, 0.717) is 0 Å². The second-order valence-electron chi connectivity index (χ2n) is 5.98. The summed E-state index contributed by atoms with van der Waals surface area (Å²) in [7, 11) is -3.38. The second-order valence-corrected chi connectivity index (χ2v) is 8.35. The number of carbonyl (C=O) groups is 1. The van der Waals surface area contributed by atoms with Crippen LogP contribution < -0.4 is 0 Å². The van der Waals surface area contributed by atoms with Gasteiger partial charge in [-0.15, -0.1) is 0 Å². The fourth-order valence-corrected chi connectivity index (χ4v) is 4.72. The molecule has 1 aliphatic rings. The topological polar surface area (TPSA) is 74.6 Å². The molecule has 5 heteroatoms. The molecule has 1 aliphatic carbocycles. The van der Waals surface area contributed by atoms with E-state index in [0.717, 1.165) is 25.7 Å². The molecule has 0 aromatic rings. The Hall–Kier alpha value is -0.600. The molecule has 4 nitrogen and oxygen atoms in total. The Kier molecular flexibility index (Phi) is 6.28. The molecule has 110 valence electrons. The van der Waals surface area contributed by atoms with Gasteiger partial charge in [-0.05, 0) is 24.7 Å². The summed E-state index contributed by atoms with van der Waals surface area (Å²) in [4.78, 5) is 21.1. The van der Waals surface area contributed by atoms with Gasteiger partial charge in [-0.2, -0.15) is 0 Å². The summed E-state index contributed by atoms with van der Waals surface area (Å²) in [5.74, 6) is -0.692. The molecule has 0 bridgehead atoms. The Balaban J connectivity index is 2.74. The number of hydrogen-bond acceptors (Lipinski definition) is 2. The van der Waals surface area contributed by atoms with Crippen LogP contribution in [0.4, 0.5) is 0 Å². The van der Waals surface area contributed by atoms with Crippen LogP contribution in [0.3, 0.4) is 0 Å². The van der Waals surface area contributed by atoms with Crippen LogP contribution in [0.25, 0.3) is 0 Å². The van der Waals surface area contributed by atoms with Crippen LogP contribution in [0.15, 0.2) is 11.6 Å². The highest BCUT2D eigenvalue weighted by atomic mass is 31.2. The van der Waals surface area contributed by atoms with Crippen LogP contribution in [0, 0.1) is 11.8 Å². The molecule has 0 saturated heterocycles. The fraction of sp³-hybridized carbons (Fsp3) is 0.786. The summed E-state index contributed by atoms with van der Waals surface area (Å²) in [6.45, 7) is 3.74. The van der Waals surface area contributed by atoms with Gasteiger partial charge in [0.2, 0.25) is 7.37 Å². The second kappa shape index (κ2) is 7.25. The molecule has 0 aromatic carbocycles. The average Bonchev–Trinajstić information content (AvgIpc) is 2.27. The fourth-order valence-electron chi connectivity index (χ4n) is 2.68. The van der Waals surface area contributed by atoms with Gasteiger partial charge in [0, 0.05) is 11.7 Å². The van der Waals surface area contributed by atoms with Crippen LogP contribution in [0.5, 0.6) is 0 Å². The molecule has 0 heterocycles. The minimum absolute atomic E-state index is 0.0977. The van der Waals surface area contributed by atoms with Crippen molar-refractivity contribution in [2.45, 2.75) is 46.0 Å². The van der Waals surface area contributed by atoms with Crippen molar-refractivity contribution in [3.63, 3.8) is 0 Å². The number of carboxylic acids is 1. The number of carboxylic acid groups (broad SMARTS) is 1. The predicted octanol–water partition coefficient (Wildman–Crippen LogP) is 3.50. The maximum Gasteiger partial charge on any atom is 0.331 e. The van der Waals surface area contributed by atoms with Crippen molar-refractivity contribution in [3.05, 3.63) is 11.6 Å². The molecular formula is C14H25O4P. The number of rotatable bonds is 6. The van der Waals surface area contributed by atoms with Gasteiger partial charge in [-0.1, -0.05) is 39.2 Å². The van der Waals surface area contributed by atoms with Gasteiger partial charge in [-0.25, -0.2) is 4.79 Å². The molecule has 0 amide bonds. The lowest BCUT2D eigenvalue weighted by atomic mass is 9.88. The van der Waals surface area contributed by atoms with E-state index in [9.17, 15) is 19.4 Å². The molecule has 1 saturated carbocycles. The maximum absolute atomic E-state index is 12.0. The summed E-state index contributed by atoms with van der Waals surface area (Å²) in [6, 6.07) is 0. The first kappa shape index (κ1) is 16.5. The normalized spacial score (nSPS) is 21.4. The minimum atomic E-state index is -3.38. The van der Waals surface area contributed by atoms with E-state index in [-0.39, 0.29) is 29.7 Å². The molecule has 0 aromatic heterocycles.